The van der Waals surface area contributed by atoms with Crippen LogP contribution in [-0.4, -0.2) is 42.1 Å². The minimum Gasteiger partial charge on any atom is -0.383 e. The van der Waals surface area contributed by atoms with Crippen LogP contribution >= 0.6 is 11.6 Å². The fraction of sp³-hybridized carbons (Fsp3) is 0.571. The van der Waals surface area contributed by atoms with Crippen LogP contribution in [0.5, 0.6) is 0 Å². The number of pyridine rings is 1. The average molecular weight is 285 g/mol. The van der Waals surface area contributed by atoms with E-state index in [0.29, 0.717) is 23.7 Å². The summed E-state index contributed by atoms with van der Waals surface area (Å²) in [4.78, 5) is 18.3. The Morgan fingerprint density at radius 2 is 2.16 bits per heavy atom. The Morgan fingerprint density at radius 1 is 1.47 bits per heavy atom. The number of nitrogens with zero attached hydrogens (tertiary/aromatic N) is 2. The van der Waals surface area contributed by atoms with Crippen LogP contribution in [0.15, 0.2) is 18.5 Å². The van der Waals surface area contributed by atoms with E-state index in [2.05, 4.69) is 18.8 Å². The summed E-state index contributed by atoms with van der Waals surface area (Å²) in [5, 5.41) is 0.390. The number of hydrogen-bond donors (Lipinski definition) is 0. The van der Waals surface area contributed by atoms with Gasteiger partial charge in [0, 0.05) is 32.1 Å². The lowest BCUT2D eigenvalue weighted by molar-refractivity contribution is 0.0589. The van der Waals surface area contributed by atoms with Crippen molar-refractivity contribution in [1.82, 2.24) is 9.88 Å². The fourth-order valence-electron chi connectivity index (χ4n) is 2.07. The number of methoxy groups -OCH3 is 1. The lowest BCUT2D eigenvalue weighted by Crippen LogP contribution is -2.42. The van der Waals surface area contributed by atoms with E-state index < -0.39 is 0 Å². The van der Waals surface area contributed by atoms with Gasteiger partial charge in [0.25, 0.3) is 5.91 Å². The molecule has 106 valence electrons. The van der Waals surface area contributed by atoms with Gasteiger partial charge in [-0.3, -0.25) is 9.78 Å². The molecule has 0 N–H and O–H groups in total. The van der Waals surface area contributed by atoms with Crippen molar-refractivity contribution in [3.63, 3.8) is 0 Å². The molecule has 0 aliphatic carbocycles. The molecule has 0 fully saturated rings. The summed E-state index contributed by atoms with van der Waals surface area (Å²) in [5.41, 5.74) is 0.500. The number of aromatic nitrogens is 1. The normalized spacial score (nSPS) is 10.8. The van der Waals surface area contributed by atoms with E-state index in [-0.39, 0.29) is 11.9 Å². The second-order valence-electron chi connectivity index (χ2n) is 4.32. The van der Waals surface area contributed by atoms with Gasteiger partial charge in [0.2, 0.25) is 0 Å². The van der Waals surface area contributed by atoms with Crippen LogP contribution < -0.4 is 0 Å². The van der Waals surface area contributed by atoms with Crippen LogP contribution in [0.2, 0.25) is 5.02 Å². The molecule has 5 heteroatoms. The number of rotatable bonds is 7. The van der Waals surface area contributed by atoms with Crippen molar-refractivity contribution in [1.29, 1.82) is 0 Å². The van der Waals surface area contributed by atoms with Gasteiger partial charge >= 0.3 is 0 Å². The number of hydrogen-bond acceptors (Lipinski definition) is 3. The first-order valence-corrected chi connectivity index (χ1v) is 6.92. The second kappa shape index (κ2) is 8.12. The second-order valence-corrected chi connectivity index (χ2v) is 4.72. The molecule has 1 rings (SSSR count). The first kappa shape index (κ1) is 15.9. The van der Waals surface area contributed by atoms with E-state index in [1.807, 2.05) is 4.90 Å². The Morgan fingerprint density at radius 3 is 2.68 bits per heavy atom. The van der Waals surface area contributed by atoms with E-state index >= 15 is 0 Å². The summed E-state index contributed by atoms with van der Waals surface area (Å²) in [7, 11) is 1.63. The molecule has 0 aliphatic rings. The zero-order valence-electron chi connectivity index (χ0n) is 11.7. The molecule has 19 heavy (non-hydrogen) atoms. The number of ether oxygens (including phenoxy) is 1. The zero-order chi connectivity index (χ0) is 14.3. The van der Waals surface area contributed by atoms with Crippen molar-refractivity contribution < 1.29 is 9.53 Å². The maximum atomic E-state index is 12.6. The van der Waals surface area contributed by atoms with E-state index in [9.17, 15) is 4.79 Å². The van der Waals surface area contributed by atoms with Crippen LogP contribution in [0.1, 0.15) is 37.0 Å². The summed E-state index contributed by atoms with van der Waals surface area (Å²) in [6.07, 6.45) is 4.90. The average Bonchev–Trinajstić information content (AvgIpc) is 2.43. The summed E-state index contributed by atoms with van der Waals surface area (Å²) in [6, 6.07) is 1.86. The Bertz CT molecular complexity index is 408. The predicted octanol–water partition coefficient (Wildman–Crippen LogP) is 3.01. The number of halogens is 1. The van der Waals surface area contributed by atoms with Gasteiger partial charge in [0.1, 0.15) is 0 Å². The van der Waals surface area contributed by atoms with Crippen LogP contribution in [0.25, 0.3) is 0 Å². The van der Waals surface area contributed by atoms with Crippen molar-refractivity contribution in [2.75, 3.05) is 20.3 Å². The highest BCUT2D eigenvalue weighted by Crippen LogP contribution is 2.19. The highest BCUT2D eigenvalue weighted by molar-refractivity contribution is 6.33. The lowest BCUT2D eigenvalue weighted by atomic mass is 10.1. The standard InChI is InChI=1S/C14H21ClN2O2/c1-4-11(5-2)17(8-9-19-3)14(18)12-6-7-16-10-13(12)15/h6-7,10-11H,4-5,8-9H2,1-3H3. The minimum absolute atomic E-state index is 0.0573. The number of carbonyl (C=O) groups is 1. The van der Waals surface area contributed by atoms with Gasteiger partial charge in [-0.1, -0.05) is 25.4 Å². The van der Waals surface area contributed by atoms with Gasteiger partial charge in [-0.15, -0.1) is 0 Å². The predicted molar refractivity (Wildman–Crippen MR) is 76.5 cm³/mol. The largest absolute Gasteiger partial charge is 0.383 e. The molecule has 1 amide bonds. The van der Waals surface area contributed by atoms with Crippen LogP contribution in [0.4, 0.5) is 0 Å². The third-order valence-corrected chi connectivity index (χ3v) is 3.48. The number of carbonyl (C=O) groups excluding carboxylic acids is 1. The molecule has 1 aromatic heterocycles. The summed E-state index contributed by atoms with van der Waals surface area (Å²) in [5.74, 6) is -0.0573. The molecule has 0 radical (unpaired) electrons. The summed E-state index contributed by atoms with van der Waals surface area (Å²) < 4.78 is 5.09. The van der Waals surface area contributed by atoms with Crippen LogP contribution in [0, 0.1) is 0 Å². The first-order chi connectivity index (χ1) is 9.15. The lowest BCUT2D eigenvalue weighted by Gasteiger charge is -2.30. The van der Waals surface area contributed by atoms with Crippen LogP contribution in [0.3, 0.4) is 0 Å². The molecule has 4 nitrogen and oxygen atoms in total. The van der Waals surface area contributed by atoms with Gasteiger partial charge in [-0.25, -0.2) is 0 Å². The highest BCUT2D eigenvalue weighted by Gasteiger charge is 2.23. The maximum absolute atomic E-state index is 12.6. The monoisotopic (exact) mass is 284 g/mol. The number of amides is 1. The quantitative estimate of drug-likeness (QED) is 0.773. The van der Waals surface area contributed by atoms with Crippen LogP contribution in [-0.2, 0) is 4.74 Å². The summed E-state index contributed by atoms with van der Waals surface area (Å²) >= 11 is 6.05. The molecule has 0 saturated carbocycles. The molecule has 0 aliphatic heterocycles. The SMILES string of the molecule is CCC(CC)N(CCOC)C(=O)c1ccncc1Cl. The molecule has 1 heterocycles. The molecule has 0 unspecified atom stereocenters. The molecular formula is C14H21ClN2O2. The Balaban J connectivity index is 2.96. The molecule has 0 saturated heterocycles. The van der Waals surface area contributed by atoms with Crippen molar-refractivity contribution in [3.8, 4) is 0 Å². The Kier molecular flexibility index (Phi) is 6.81. The molecule has 0 atom stereocenters. The fourth-order valence-corrected chi connectivity index (χ4v) is 2.27. The molecule has 0 aromatic carbocycles. The highest BCUT2D eigenvalue weighted by atomic mass is 35.5. The van der Waals surface area contributed by atoms with E-state index in [1.54, 1.807) is 19.4 Å². The van der Waals surface area contributed by atoms with Crippen molar-refractivity contribution in [3.05, 3.63) is 29.0 Å². The Hall–Kier alpha value is -1.13. The Labute approximate surface area is 119 Å². The van der Waals surface area contributed by atoms with E-state index in [0.717, 1.165) is 12.8 Å². The van der Waals surface area contributed by atoms with Gasteiger partial charge in [0.05, 0.1) is 17.2 Å². The van der Waals surface area contributed by atoms with Crippen molar-refractivity contribution in [2.45, 2.75) is 32.7 Å². The van der Waals surface area contributed by atoms with Gasteiger partial charge in [0.15, 0.2) is 0 Å². The third kappa shape index (κ3) is 4.18. The molecule has 0 bridgehead atoms. The third-order valence-electron chi connectivity index (χ3n) is 3.18. The van der Waals surface area contributed by atoms with Gasteiger partial charge in [-0.05, 0) is 18.9 Å². The molecule has 1 aromatic rings. The smallest absolute Gasteiger partial charge is 0.255 e. The zero-order valence-corrected chi connectivity index (χ0v) is 12.5. The summed E-state index contributed by atoms with van der Waals surface area (Å²) in [6.45, 7) is 5.25. The first-order valence-electron chi connectivity index (χ1n) is 6.55. The van der Waals surface area contributed by atoms with Crippen molar-refractivity contribution >= 4 is 17.5 Å². The molecular weight excluding hydrogens is 264 g/mol. The van der Waals surface area contributed by atoms with Gasteiger partial charge in [-0.2, -0.15) is 0 Å². The maximum Gasteiger partial charge on any atom is 0.255 e. The van der Waals surface area contributed by atoms with E-state index in [1.165, 1.54) is 6.20 Å². The van der Waals surface area contributed by atoms with Gasteiger partial charge < -0.3 is 9.64 Å². The van der Waals surface area contributed by atoms with E-state index in [4.69, 9.17) is 16.3 Å². The molecule has 0 spiro atoms. The topological polar surface area (TPSA) is 42.4 Å². The van der Waals surface area contributed by atoms with Crippen molar-refractivity contribution in [2.24, 2.45) is 0 Å². The minimum atomic E-state index is -0.0573.